The second-order valence-corrected chi connectivity index (χ2v) is 8.93. The van der Waals surface area contributed by atoms with Crippen LogP contribution in [0.3, 0.4) is 0 Å². The second-order valence-electron chi connectivity index (χ2n) is 6.95. The summed E-state index contributed by atoms with van der Waals surface area (Å²) < 4.78 is 24.8. The molecule has 0 aromatic heterocycles. The van der Waals surface area contributed by atoms with Crippen molar-refractivity contribution in [1.82, 2.24) is 9.62 Å². The van der Waals surface area contributed by atoms with Crippen molar-refractivity contribution < 1.29 is 8.42 Å². The van der Waals surface area contributed by atoms with E-state index in [0.717, 1.165) is 19.4 Å². The Morgan fingerprint density at radius 3 is 2.82 bits per heavy atom. The molecule has 1 saturated heterocycles. The van der Waals surface area contributed by atoms with Crippen LogP contribution in [-0.4, -0.2) is 38.6 Å². The van der Waals surface area contributed by atoms with Gasteiger partial charge in [-0.05, 0) is 54.8 Å². The average Bonchev–Trinajstić information content (AvgIpc) is 3.02. The van der Waals surface area contributed by atoms with Crippen LogP contribution < -0.4 is 5.32 Å². The highest BCUT2D eigenvalue weighted by Crippen LogP contribution is 2.41. The third kappa shape index (κ3) is 3.07. The number of aryl methyl sites for hydroxylation is 1. The summed E-state index contributed by atoms with van der Waals surface area (Å²) in [5.74, 6) is 1.03. The van der Waals surface area contributed by atoms with Crippen LogP contribution in [0.1, 0.15) is 48.4 Å². The van der Waals surface area contributed by atoms with Gasteiger partial charge in [0.15, 0.2) is 0 Å². The van der Waals surface area contributed by atoms with E-state index >= 15 is 0 Å². The second kappa shape index (κ2) is 5.95. The lowest BCUT2D eigenvalue weighted by Gasteiger charge is -2.18. The quantitative estimate of drug-likeness (QED) is 0.926. The van der Waals surface area contributed by atoms with E-state index in [4.69, 9.17) is 0 Å². The number of nitrogens with one attached hydrogen (secondary N) is 1. The Labute approximate surface area is 134 Å². The highest BCUT2D eigenvalue weighted by molar-refractivity contribution is 7.88. The van der Waals surface area contributed by atoms with E-state index < -0.39 is 10.0 Å². The largest absolute Gasteiger partial charge is 0.310 e. The number of fused-ring (bicyclic) bond motifs is 1. The molecule has 4 nitrogen and oxygen atoms in total. The number of benzene rings is 1. The monoisotopic (exact) mass is 322 g/mol. The van der Waals surface area contributed by atoms with E-state index in [0.29, 0.717) is 31.0 Å². The zero-order valence-corrected chi connectivity index (χ0v) is 14.5. The maximum Gasteiger partial charge on any atom is 0.211 e. The SMILES string of the molecule is Cc1cccc2c1[C@H](C)C[C@H]2NC[C@H]1CCN(S(C)(=O)=O)C1. The number of sulfonamides is 1. The molecule has 0 amide bonds. The summed E-state index contributed by atoms with van der Waals surface area (Å²) >= 11 is 0. The topological polar surface area (TPSA) is 49.4 Å². The Balaban J connectivity index is 1.62. The third-order valence-electron chi connectivity index (χ3n) is 5.19. The van der Waals surface area contributed by atoms with Crippen LogP contribution in [0, 0.1) is 12.8 Å². The zero-order valence-electron chi connectivity index (χ0n) is 13.7. The Kier molecular flexibility index (Phi) is 4.32. The molecule has 0 radical (unpaired) electrons. The zero-order chi connectivity index (χ0) is 15.9. The Hall–Kier alpha value is -0.910. The van der Waals surface area contributed by atoms with Crippen LogP contribution in [0.25, 0.3) is 0 Å². The molecular weight excluding hydrogens is 296 g/mol. The van der Waals surface area contributed by atoms with Gasteiger partial charge in [-0.1, -0.05) is 25.1 Å². The van der Waals surface area contributed by atoms with Crippen LogP contribution in [0.15, 0.2) is 18.2 Å². The first kappa shape index (κ1) is 16.0. The fourth-order valence-electron chi connectivity index (χ4n) is 4.05. The van der Waals surface area contributed by atoms with Gasteiger partial charge in [0.1, 0.15) is 0 Å². The lowest BCUT2D eigenvalue weighted by Crippen LogP contribution is -2.31. The Morgan fingerprint density at radius 1 is 1.36 bits per heavy atom. The maximum absolute atomic E-state index is 11.6. The molecule has 1 aliphatic carbocycles. The minimum Gasteiger partial charge on any atom is -0.310 e. The molecule has 1 N–H and O–H groups in total. The molecular formula is C17H26N2O2S. The van der Waals surface area contributed by atoms with Crippen LogP contribution in [0.5, 0.6) is 0 Å². The molecule has 0 spiro atoms. The van der Waals surface area contributed by atoms with Crippen molar-refractivity contribution in [2.75, 3.05) is 25.9 Å². The van der Waals surface area contributed by atoms with Gasteiger partial charge < -0.3 is 5.32 Å². The third-order valence-corrected chi connectivity index (χ3v) is 6.46. The molecule has 1 aromatic carbocycles. The first-order chi connectivity index (χ1) is 10.4. The fraction of sp³-hybridized carbons (Fsp3) is 0.647. The molecule has 3 atom stereocenters. The van der Waals surface area contributed by atoms with Crippen LogP contribution in [0.2, 0.25) is 0 Å². The van der Waals surface area contributed by atoms with Gasteiger partial charge >= 0.3 is 0 Å². The fourth-order valence-corrected chi connectivity index (χ4v) is 4.96. The molecule has 22 heavy (non-hydrogen) atoms. The molecule has 0 bridgehead atoms. The molecule has 1 heterocycles. The molecule has 1 aromatic rings. The first-order valence-corrected chi connectivity index (χ1v) is 9.99. The molecule has 1 fully saturated rings. The molecule has 3 rings (SSSR count). The van der Waals surface area contributed by atoms with E-state index in [1.807, 2.05) is 0 Å². The van der Waals surface area contributed by atoms with Gasteiger partial charge in [-0.2, -0.15) is 0 Å². The summed E-state index contributed by atoms with van der Waals surface area (Å²) in [6.07, 6.45) is 3.41. The summed E-state index contributed by atoms with van der Waals surface area (Å²) in [5, 5.41) is 3.69. The van der Waals surface area contributed by atoms with Gasteiger partial charge in [0.25, 0.3) is 0 Å². The lowest BCUT2D eigenvalue weighted by molar-refractivity contribution is 0.417. The Bertz CT molecular complexity index is 657. The molecule has 5 heteroatoms. The van der Waals surface area contributed by atoms with E-state index in [-0.39, 0.29) is 0 Å². The molecule has 0 unspecified atom stereocenters. The van der Waals surface area contributed by atoms with Crippen LogP contribution in [0.4, 0.5) is 0 Å². The van der Waals surface area contributed by atoms with Gasteiger partial charge in [-0.15, -0.1) is 0 Å². The summed E-state index contributed by atoms with van der Waals surface area (Å²) in [5.41, 5.74) is 4.33. The van der Waals surface area contributed by atoms with Crippen molar-refractivity contribution in [3.8, 4) is 0 Å². The van der Waals surface area contributed by atoms with Gasteiger partial charge in [-0.3, -0.25) is 0 Å². The molecule has 122 valence electrons. The van der Waals surface area contributed by atoms with Crippen molar-refractivity contribution >= 4 is 10.0 Å². The van der Waals surface area contributed by atoms with Crippen molar-refractivity contribution in [1.29, 1.82) is 0 Å². The Morgan fingerprint density at radius 2 is 2.14 bits per heavy atom. The minimum absolute atomic E-state index is 0.414. The number of nitrogens with zero attached hydrogens (tertiary/aromatic N) is 1. The summed E-state index contributed by atoms with van der Waals surface area (Å²) in [7, 11) is -3.03. The first-order valence-electron chi connectivity index (χ1n) is 8.14. The molecule has 2 aliphatic rings. The lowest BCUT2D eigenvalue weighted by atomic mass is 9.98. The van der Waals surface area contributed by atoms with Gasteiger partial charge in [-0.25, -0.2) is 12.7 Å². The standard InChI is InChI=1S/C17H26N2O2S/c1-12-5-4-6-15-16(9-13(2)17(12)15)18-10-14-7-8-19(11-14)22(3,20)21/h4-6,13-14,16,18H,7-11H2,1-3H3/t13-,14-,16-/m1/s1. The van der Waals surface area contributed by atoms with Crippen molar-refractivity contribution in [3.05, 3.63) is 34.9 Å². The number of rotatable bonds is 4. The summed E-state index contributed by atoms with van der Waals surface area (Å²) in [6.45, 7) is 6.72. The van der Waals surface area contributed by atoms with Crippen molar-refractivity contribution in [3.63, 3.8) is 0 Å². The van der Waals surface area contributed by atoms with E-state index in [1.165, 1.54) is 22.9 Å². The van der Waals surface area contributed by atoms with Gasteiger partial charge in [0.05, 0.1) is 6.26 Å². The van der Waals surface area contributed by atoms with Crippen molar-refractivity contribution in [2.24, 2.45) is 5.92 Å². The molecule has 0 saturated carbocycles. The summed E-state index contributed by atoms with van der Waals surface area (Å²) in [6, 6.07) is 6.98. The maximum atomic E-state index is 11.6. The van der Waals surface area contributed by atoms with E-state index in [9.17, 15) is 8.42 Å². The smallest absolute Gasteiger partial charge is 0.211 e. The average molecular weight is 322 g/mol. The number of hydrogen-bond donors (Lipinski definition) is 1. The highest BCUT2D eigenvalue weighted by Gasteiger charge is 2.32. The highest BCUT2D eigenvalue weighted by atomic mass is 32.2. The van der Waals surface area contributed by atoms with E-state index in [1.54, 1.807) is 4.31 Å². The van der Waals surface area contributed by atoms with Crippen LogP contribution in [-0.2, 0) is 10.0 Å². The number of hydrogen-bond acceptors (Lipinski definition) is 3. The van der Waals surface area contributed by atoms with Crippen molar-refractivity contribution in [2.45, 2.75) is 38.6 Å². The van der Waals surface area contributed by atoms with Gasteiger partial charge in [0, 0.05) is 19.1 Å². The predicted molar refractivity (Wildman–Crippen MR) is 89.5 cm³/mol. The van der Waals surface area contributed by atoms with Crippen LogP contribution >= 0.6 is 0 Å². The van der Waals surface area contributed by atoms with E-state index in [2.05, 4.69) is 37.4 Å². The predicted octanol–water partition coefficient (Wildman–Crippen LogP) is 2.41. The van der Waals surface area contributed by atoms with Gasteiger partial charge in [0.2, 0.25) is 10.0 Å². The molecule has 1 aliphatic heterocycles. The summed E-state index contributed by atoms with van der Waals surface area (Å²) in [4.78, 5) is 0. The minimum atomic E-state index is -3.03. The normalized spacial score (nSPS) is 29.0.